The minimum Gasteiger partial charge on any atom is -0.371 e. The zero-order valence-electron chi connectivity index (χ0n) is 18.8. The van der Waals surface area contributed by atoms with Gasteiger partial charge in [-0.2, -0.15) is 0 Å². The first kappa shape index (κ1) is 22.9. The number of nitrogens with one attached hydrogen (secondary N) is 2. The van der Waals surface area contributed by atoms with Crippen LogP contribution < -0.4 is 15.5 Å². The predicted octanol–water partition coefficient (Wildman–Crippen LogP) is 4.18. The van der Waals surface area contributed by atoms with Crippen LogP contribution in [0.15, 0.2) is 54.6 Å². The van der Waals surface area contributed by atoms with Crippen LogP contribution in [0.1, 0.15) is 55.5 Å². The first-order valence-electron chi connectivity index (χ1n) is 11.5. The van der Waals surface area contributed by atoms with Crippen LogP contribution in [0.4, 0.5) is 5.69 Å². The van der Waals surface area contributed by atoms with Crippen molar-refractivity contribution in [3.05, 3.63) is 65.7 Å². The lowest BCUT2D eigenvalue weighted by atomic mass is 10.0. The lowest BCUT2D eigenvalue weighted by molar-refractivity contribution is -0.121. The standard InChI is InChI=1S/C26H35N3O2/c1-3-20(2)19-27-26(31)23-11-7-8-12-24(23)29-17-15-22(16-18-29)28-25(30)14-13-21-9-5-4-6-10-21/h4-12,20,22H,3,13-19H2,1-2H3,(H,27,31)(H,28,30)/t20-/m0/s1. The molecule has 2 amide bonds. The highest BCUT2D eigenvalue weighted by molar-refractivity contribution is 5.99. The lowest BCUT2D eigenvalue weighted by Gasteiger charge is -2.35. The van der Waals surface area contributed by atoms with Crippen LogP contribution in [-0.2, 0) is 11.2 Å². The predicted molar refractivity (Wildman–Crippen MR) is 126 cm³/mol. The molecule has 0 saturated carbocycles. The van der Waals surface area contributed by atoms with Crippen LogP contribution >= 0.6 is 0 Å². The van der Waals surface area contributed by atoms with Gasteiger partial charge in [-0.25, -0.2) is 0 Å². The molecule has 2 N–H and O–H groups in total. The molecule has 31 heavy (non-hydrogen) atoms. The fourth-order valence-electron chi connectivity index (χ4n) is 3.92. The summed E-state index contributed by atoms with van der Waals surface area (Å²) in [5.41, 5.74) is 2.91. The molecule has 1 saturated heterocycles. The molecule has 0 unspecified atom stereocenters. The maximum Gasteiger partial charge on any atom is 0.253 e. The average molecular weight is 422 g/mol. The summed E-state index contributed by atoms with van der Waals surface area (Å²) in [6.07, 6.45) is 4.11. The Morgan fingerprint density at radius 3 is 2.42 bits per heavy atom. The maximum absolute atomic E-state index is 12.7. The van der Waals surface area contributed by atoms with Gasteiger partial charge in [0.15, 0.2) is 0 Å². The molecule has 166 valence electrons. The topological polar surface area (TPSA) is 61.4 Å². The summed E-state index contributed by atoms with van der Waals surface area (Å²) in [6, 6.07) is 18.1. The van der Waals surface area contributed by atoms with Gasteiger partial charge in [0.2, 0.25) is 5.91 Å². The Bertz CT molecular complexity index is 845. The quantitative estimate of drug-likeness (QED) is 0.639. The highest BCUT2D eigenvalue weighted by Crippen LogP contribution is 2.24. The van der Waals surface area contributed by atoms with Gasteiger partial charge in [-0.1, -0.05) is 62.7 Å². The van der Waals surface area contributed by atoms with Crippen LogP contribution in [0, 0.1) is 5.92 Å². The summed E-state index contributed by atoms with van der Waals surface area (Å²) in [6.45, 7) is 6.64. The van der Waals surface area contributed by atoms with Gasteiger partial charge in [-0.15, -0.1) is 0 Å². The van der Waals surface area contributed by atoms with E-state index in [1.165, 1.54) is 5.56 Å². The van der Waals surface area contributed by atoms with Gasteiger partial charge < -0.3 is 15.5 Å². The molecule has 0 bridgehead atoms. The molecule has 1 heterocycles. The molecule has 1 atom stereocenters. The van der Waals surface area contributed by atoms with Gasteiger partial charge in [-0.05, 0) is 42.9 Å². The van der Waals surface area contributed by atoms with Gasteiger partial charge in [0.1, 0.15) is 0 Å². The Morgan fingerprint density at radius 1 is 1.03 bits per heavy atom. The summed E-state index contributed by atoms with van der Waals surface area (Å²) in [7, 11) is 0. The molecule has 3 rings (SSSR count). The maximum atomic E-state index is 12.7. The largest absolute Gasteiger partial charge is 0.371 e. The third-order valence-electron chi connectivity index (χ3n) is 6.14. The van der Waals surface area contributed by atoms with Crippen molar-refractivity contribution < 1.29 is 9.59 Å². The number of carbonyl (C=O) groups excluding carboxylic acids is 2. The molecule has 0 spiro atoms. The summed E-state index contributed by atoms with van der Waals surface area (Å²) in [4.78, 5) is 27.4. The number of hydrogen-bond donors (Lipinski definition) is 2. The van der Waals surface area contributed by atoms with E-state index in [0.29, 0.717) is 18.9 Å². The van der Waals surface area contributed by atoms with Crippen molar-refractivity contribution in [3.63, 3.8) is 0 Å². The normalized spacial score (nSPS) is 15.4. The molecule has 5 nitrogen and oxygen atoms in total. The fourth-order valence-corrected chi connectivity index (χ4v) is 3.92. The van der Waals surface area contributed by atoms with Gasteiger partial charge >= 0.3 is 0 Å². The number of para-hydroxylation sites is 1. The van der Waals surface area contributed by atoms with E-state index in [0.717, 1.165) is 50.0 Å². The lowest BCUT2D eigenvalue weighted by Crippen LogP contribution is -2.45. The number of amides is 2. The van der Waals surface area contributed by atoms with Crippen molar-refractivity contribution in [1.29, 1.82) is 0 Å². The van der Waals surface area contributed by atoms with E-state index < -0.39 is 0 Å². The van der Waals surface area contributed by atoms with Crippen molar-refractivity contribution in [3.8, 4) is 0 Å². The van der Waals surface area contributed by atoms with E-state index in [4.69, 9.17) is 0 Å². The van der Waals surface area contributed by atoms with Crippen molar-refractivity contribution in [2.75, 3.05) is 24.5 Å². The van der Waals surface area contributed by atoms with Crippen LogP contribution in [-0.4, -0.2) is 37.5 Å². The van der Waals surface area contributed by atoms with Crippen LogP contribution in [0.25, 0.3) is 0 Å². The third-order valence-corrected chi connectivity index (χ3v) is 6.14. The zero-order chi connectivity index (χ0) is 22.1. The summed E-state index contributed by atoms with van der Waals surface area (Å²) >= 11 is 0. The summed E-state index contributed by atoms with van der Waals surface area (Å²) in [5, 5.41) is 6.26. The second kappa shape index (κ2) is 11.5. The van der Waals surface area contributed by atoms with Crippen LogP contribution in [0.5, 0.6) is 0 Å². The summed E-state index contributed by atoms with van der Waals surface area (Å²) < 4.78 is 0. The first-order chi connectivity index (χ1) is 15.1. The number of aryl methyl sites for hydroxylation is 1. The second-order valence-corrected chi connectivity index (χ2v) is 8.56. The fraction of sp³-hybridized carbons (Fsp3) is 0.462. The number of piperidine rings is 1. The summed E-state index contributed by atoms with van der Waals surface area (Å²) in [5.74, 6) is 0.580. The van der Waals surface area contributed by atoms with Crippen molar-refractivity contribution in [1.82, 2.24) is 10.6 Å². The number of carbonyl (C=O) groups is 2. The minimum atomic E-state index is -0.00719. The highest BCUT2D eigenvalue weighted by atomic mass is 16.2. The van der Waals surface area contributed by atoms with E-state index in [1.807, 2.05) is 42.5 Å². The molecule has 0 aliphatic carbocycles. The Balaban J connectivity index is 1.49. The zero-order valence-corrected chi connectivity index (χ0v) is 18.8. The average Bonchev–Trinajstić information content (AvgIpc) is 2.82. The molecule has 0 radical (unpaired) electrons. The second-order valence-electron chi connectivity index (χ2n) is 8.56. The van der Waals surface area contributed by atoms with E-state index in [9.17, 15) is 9.59 Å². The smallest absolute Gasteiger partial charge is 0.253 e. The monoisotopic (exact) mass is 421 g/mol. The molecule has 1 fully saturated rings. The Kier molecular flexibility index (Phi) is 8.51. The van der Waals surface area contributed by atoms with Crippen LogP contribution in [0.2, 0.25) is 0 Å². The van der Waals surface area contributed by atoms with Gasteiger partial charge in [0, 0.05) is 37.8 Å². The first-order valence-corrected chi connectivity index (χ1v) is 11.5. The van der Waals surface area contributed by atoms with Crippen molar-refractivity contribution in [2.24, 2.45) is 5.92 Å². The Morgan fingerprint density at radius 2 is 1.71 bits per heavy atom. The Labute approximate surface area is 186 Å². The van der Waals surface area contributed by atoms with E-state index in [2.05, 4.69) is 41.5 Å². The third kappa shape index (κ3) is 6.84. The molecule has 0 aromatic heterocycles. The number of hydrogen-bond acceptors (Lipinski definition) is 3. The van der Waals surface area contributed by atoms with Gasteiger partial charge in [-0.3, -0.25) is 9.59 Å². The molecular formula is C26H35N3O2. The molecule has 5 heteroatoms. The van der Waals surface area contributed by atoms with E-state index in [1.54, 1.807) is 0 Å². The molecule has 1 aliphatic rings. The molecule has 2 aromatic carbocycles. The van der Waals surface area contributed by atoms with E-state index >= 15 is 0 Å². The van der Waals surface area contributed by atoms with Crippen molar-refractivity contribution >= 4 is 17.5 Å². The Hall–Kier alpha value is -2.82. The van der Waals surface area contributed by atoms with Gasteiger partial charge in [0.05, 0.1) is 5.56 Å². The molecule has 2 aromatic rings. The van der Waals surface area contributed by atoms with E-state index in [-0.39, 0.29) is 17.9 Å². The molecule has 1 aliphatic heterocycles. The number of rotatable bonds is 9. The SMILES string of the molecule is CC[C@H](C)CNC(=O)c1ccccc1N1CCC(NC(=O)CCc2ccccc2)CC1. The number of benzene rings is 2. The number of nitrogens with zero attached hydrogens (tertiary/aromatic N) is 1. The minimum absolute atomic E-state index is 0.00719. The number of anilines is 1. The molecular weight excluding hydrogens is 386 g/mol. The van der Waals surface area contributed by atoms with Gasteiger partial charge in [0.25, 0.3) is 5.91 Å². The van der Waals surface area contributed by atoms with Crippen LogP contribution in [0.3, 0.4) is 0 Å². The van der Waals surface area contributed by atoms with Crippen molar-refractivity contribution in [2.45, 2.75) is 52.0 Å². The highest BCUT2D eigenvalue weighted by Gasteiger charge is 2.23.